The zero-order valence-corrected chi connectivity index (χ0v) is 18.6. The van der Waals surface area contributed by atoms with Crippen LogP contribution in [0.4, 0.5) is 10.7 Å². The van der Waals surface area contributed by atoms with Crippen molar-refractivity contribution >= 4 is 24.6 Å². The number of nitrogens with zero attached hydrogens (tertiary/aromatic N) is 3. The van der Waals surface area contributed by atoms with Crippen LogP contribution in [-0.2, 0) is 14.0 Å². The summed E-state index contributed by atoms with van der Waals surface area (Å²) in [6, 6.07) is 0.0659. The molecule has 1 N–H and O–H groups in total. The lowest BCUT2D eigenvalue weighted by Gasteiger charge is -2.32. The Kier molecular flexibility index (Phi) is 5.84. The molecule has 2 fully saturated rings. The summed E-state index contributed by atoms with van der Waals surface area (Å²) in [6.45, 7) is 15.0. The summed E-state index contributed by atoms with van der Waals surface area (Å²) in [7, 11) is -0.480. The Bertz CT molecular complexity index is 717. The van der Waals surface area contributed by atoms with E-state index in [1.54, 1.807) is 17.3 Å². The van der Waals surface area contributed by atoms with Crippen molar-refractivity contribution in [1.29, 1.82) is 0 Å². The van der Waals surface area contributed by atoms with Gasteiger partial charge in [0.15, 0.2) is 0 Å². The topological polar surface area (TPSA) is 85.8 Å². The number of carbonyl (C=O) groups is 1. The number of likely N-dealkylation sites (tertiary alicyclic amines) is 1. The van der Waals surface area contributed by atoms with E-state index in [-0.39, 0.29) is 12.1 Å². The third-order valence-electron chi connectivity index (χ3n) is 5.70. The van der Waals surface area contributed by atoms with Crippen LogP contribution < -0.4 is 10.8 Å². The maximum atomic E-state index is 12.4. The second-order valence-electron chi connectivity index (χ2n) is 9.78. The number of carbonyl (C=O) groups excluding carboxylic acids is 1. The van der Waals surface area contributed by atoms with E-state index in [1.807, 2.05) is 48.5 Å². The minimum Gasteiger partial charge on any atom is -0.444 e. The van der Waals surface area contributed by atoms with Crippen molar-refractivity contribution in [3.8, 4) is 0 Å². The average Bonchev–Trinajstić information content (AvgIpc) is 3.14. The van der Waals surface area contributed by atoms with E-state index >= 15 is 0 Å². The molecule has 1 aromatic heterocycles. The molecule has 29 heavy (non-hydrogen) atoms. The molecular formula is C20H33BN4O4. The van der Waals surface area contributed by atoms with Gasteiger partial charge in [0.25, 0.3) is 0 Å². The molecule has 2 aliphatic rings. The maximum absolute atomic E-state index is 12.4. The van der Waals surface area contributed by atoms with Crippen LogP contribution in [0, 0.1) is 0 Å². The molecule has 2 aliphatic heterocycles. The number of aromatic nitrogens is 2. The van der Waals surface area contributed by atoms with Gasteiger partial charge in [-0.2, -0.15) is 0 Å². The Balaban J connectivity index is 1.56. The summed E-state index contributed by atoms with van der Waals surface area (Å²) >= 11 is 0. The van der Waals surface area contributed by atoms with Gasteiger partial charge in [-0.15, -0.1) is 0 Å². The smallest absolute Gasteiger partial charge is 0.444 e. The van der Waals surface area contributed by atoms with E-state index in [0.717, 1.165) is 18.3 Å². The van der Waals surface area contributed by atoms with E-state index < -0.39 is 23.9 Å². The molecule has 2 saturated heterocycles. The van der Waals surface area contributed by atoms with Gasteiger partial charge < -0.3 is 24.3 Å². The van der Waals surface area contributed by atoms with Gasteiger partial charge in [0, 0.05) is 30.9 Å². The number of rotatable bonds is 4. The molecule has 0 bridgehead atoms. The minimum absolute atomic E-state index is 0.0659. The molecule has 1 amide bonds. The van der Waals surface area contributed by atoms with Crippen molar-refractivity contribution in [2.45, 2.75) is 84.2 Å². The monoisotopic (exact) mass is 404 g/mol. The van der Waals surface area contributed by atoms with Crippen LogP contribution in [0.3, 0.4) is 0 Å². The number of amides is 1. The number of ether oxygens (including phenoxy) is 1. The Morgan fingerprint density at radius 2 is 1.83 bits per heavy atom. The summed E-state index contributed by atoms with van der Waals surface area (Å²) in [5.41, 5.74) is -0.514. The molecule has 1 aromatic rings. The van der Waals surface area contributed by atoms with Gasteiger partial charge in [-0.3, -0.25) is 0 Å². The van der Waals surface area contributed by atoms with E-state index in [0.29, 0.717) is 19.0 Å². The fourth-order valence-corrected chi connectivity index (χ4v) is 3.35. The predicted octanol–water partition coefficient (Wildman–Crippen LogP) is 2.59. The predicted molar refractivity (Wildman–Crippen MR) is 112 cm³/mol. The van der Waals surface area contributed by atoms with E-state index in [1.165, 1.54) is 0 Å². The number of hydrogen-bond donors (Lipinski definition) is 1. The van der Waals surface area contributed by atoms with Crippen LogP contribution in [0.25, 0.3) is 0 Å². The van der Waals surface area contributed by atoms with Gasteiger partial charge in [0.05, 0.1) is 17.2 Å². The molecule has 0 unspecified atom stereocenters. The lowest BCUT2D eigenvalue weighted by molar-refractivity contribution is 0.00578. The molecule has 8 nitrogen and oxygen atoms in total. The van der Waals surface area contributed by atoms with E-state index in [2.05, 4.69) is 15.3 Å². The number of hydrogen-bond acceptors (Lipinski definition) is 7. The zero-order chi connectivity index (χ0) is 21.4. The lowest BCUT2D eigenvalue weighted by Crippen LogP contribution is -2.42. The molecule has 3 heterocycles. The Labute approximate surface area is 173 Å². The average molecular weight is 404 g/mol. The highest BCUT2D eigenvalue weighted by atomic mass is 16.7. The summed E-state index contributed by atoms with van der Waals surface area (Å²) in [6.07, 6.45) is 5.07. The van der Waals surface area contributed by atoms with Gasteiger partial charge in [-0.1, -0.05) is 0 Å². The highest BCUT2D eigenvalue weighted by molar-refractivity contribution is 6.61. The number of nitrogens with one attached hydrogen (secondary N) is 1. The quantitative estimate of drug-likeness (QED) is 0.772. The van der Waals surface area contributed by atoms with Gasteiger partial charge in [-0.05, 0) is 61.3 Å². The van der Waals surface area contributed by atoms with Crippen molar-refractivity contribution < 1.29 is 18.8 Å². The van der Waals surface area contributed by atoms with Crippen molar-refractivity contribution in [1.82, 2.24) is 14.9 Å². The van der Waals surface area contributed by atoms with Crippen molar-refractivity contribution in [2.75, 3.05) is 18.4 Å². The molecule has 1 atom stereocenters. The molecule has 0 saturated carbocycles. The fourth-order valence-electron chi connectivity index (χ4n) is 3.35. The first kappa shape index (κ1) is 21.8. The SMILES string of the molecule is CC(C)(C)OC(=O)N1CCC[C@@H]1CNc1ncc(B2OC(C)(C)C(C)(C)O2)cn1. The number of anilines is 1. The normalized spacial score (nSPS) is 23.3. The van der Waals surface area contributed by atoms with Crippen LogP contribution in [-0.4, -0.2) is 64.0 Å². The van der Waals surface area contributed by atoms with Crippen molar-refractivity contribution in [2.24, 2.45) is 0 Å². The van der Waals surface area contributed by atoms with E-state index in [4.69, 9.17) is 14.0 Å². The van der Waals surface area contributed by atoms with Crippen molar-refractivity contribution in [3.05, 3.63) is 12.4 Å². The van der Waals surface area contributed by atoms with Gasteiger partial charge in [-0.25, -0.2) is 14.8 Å². The van der Waals surface area contributed by atoms with Gasteiger partial charge in [0.1, 0.15) is 5.60 Å². The lowest BCUT2D eigenvalue weighted by atomic mass is 9.81. The van der Waals surface area contributed by atoms with Gasteiger partial charge in [0.2, 0.25) is 5.95 Å². The van der Waals surface area contributed by atoms with Crippen LogP contribution in [0.5, 0.6) is 0 Å². The molecule has 3 rings (SSSR count). The second kappa shape index (κ2) is 7.76. The first-order valence-corrected chi connectivity index (χ1v) is 10.3. The first-order chi connectivity index (χ1) is 13.4. The third kappa shape index (κ3) is 5.01. The zero-order valence-electron chi connectivity index (χ0n) is 18.6. The largest absolute Gasteiger partial charge is 0.498 e. The van der Waals surface area contributed by atoms with Crippen LogP contribution in [0.1, 0.15) is 61.3 Å². The Hall–Kier alpha value is -1.87. The summed E-state index contributed by atoms with van der Waals surface area (Å²) < 4.78 is 17.6. The minimum atomic E-state index is -0.496. The third-order valence-corrected chi connectivity index (χ3v) is 5.70. The maximum Gasteiger partial charge on any atom is 0.498 e. The first-order valence-electron chi connectivity index (χ1n) is 10.3. The molecular weight excluding hydrogens is 371 g/mol. The molecule has 0 spiro atoms. The van der Waals surface area contributed by atoms with Crippen LogP contribution in [0.15, 0.2) is 12.4 Å². The molecule has 0 aliphatic carbocycles. The van der Waals surface area contributed by atoms with Crippen molar-refractivity contribution in [3.63, 3.8) is 0 Å². The Morgan fingerprint density at radius 3 is 2.38 bits per heavy atom. The summed E-state index contributed by atoms with van der Waals surface area (Å²) in [5, 5.41) is 3.23. The molecule has 160 valence electrons. The highest BCUT2D eigenvalue weighted by Crippen LogP contribution is 2.36. The summed E-state index contributed by atoms with van der Waals surface area (Å²) in [4.78, 5) is 23.0. The van der Waals surface area contributed by atoms with E-state index in [9.17, 15) is 4.79 Å². The van der Waals surface area contributed by atoms with Crippen LogP contribution >= 0.6 is 0 Å². The molecule has 0 aromatic carbocycles. The Morgan fingerprint density at radius 1 is 1.24 bits per heavy atom. The molecule has 0 radical (unpaired) electrons. The summed E-state index contributed by atoms with van der Waals surface area (Å²) in [5.74, 6) is 0.515. The van der Waals surface area contributed by atoms with Gasteiger partial charge >= 0.3 is 13.2 Å². The fraction of sp³-hybridized carbons (Fsp3) is 0.750. The highest BCUT2D eigenvalue weighted by Gasteiger charge is 2.52. The standard InChI is InChI=1S/C20H33BN4O4/c1-18(2,3)27-17(26)25-10-8-9-15(25)13-24-16-22-11-14(12-23-16)21-28-19(4,5)20(6,7)29-21/h11-12,15H,8-10,13H2,1-7H3,(H,22,23,24)/t15-/m1/s1. The second-order valence-corrected chi connectivity index (χ2v) is 9.78. The van der Waals surface area contributed by atoms with Crippen LogP contribution in [0.2, 0.25) is 0 Å². The molecule has 9 heteroatoms.